The van der Waals surface area contributed by atoms with Crippen LogP contribution in [0.25, 0.3) is 0 Å². The number of hydrogen-bond acceptors (Lipinski definition) is 3. The molecule has 0 aliphatic heterocycles. The first-order valence-electron chi connectivity index (χ1n) is 8.23. The topological polar surface area (TPSA) is 63.2 Å². The second kappa shape index (κ2) is 8.54. The largest absolute Gasteiger partial charge is 0.355 e. The van der Waals surface area contributed by atoms with Crippen molar-refractivity contribution in [3.63, 3.8) is 0 Å². The number of carbonyl (C=O) groups excluding carboxylic acids is 1. The first kappa shape index (κ1) is 19.5. The average molecular weight is 392 g/mol. The molecule has 2 rings (SSSR count). The maximum absolute atomic E-state index is 12.5. The molecule has 0 spiro atoms. The minimum absolute atomic E-state index is 0.277. The fraction of sp³-hybridized carbons (Fsp3) is 0.588. The maximum atomic E-state index is 12.5. The Hall–Kier alpha value is -0.780. The third-order valence-corrected chi connectivity index (χ3v) is 7.16. The van der Waals surface area contributed by atoms with Gasteiger partial charge in [-0.3, -0.25) is 4.79 Å². The Balaban J connectivity index is 1.95. The lowest BCUT2D eigenvalue weighted by Crippen LogP contribution is -2.40. The zero-order valence-corrected chi connectivity index (χ0v) is 16.1. The van der Waals surface area contributed by atoms with Crippen molar-refractivity contribution in [3.05, 3.63) is 33.8 Å². The number of amides is 1. The van der Waals surface area contributed by atoms with Crippen molar-refractivity contribution in [2.75, 3.05) is 6.54 Å². The highest BCUT2D eigenvalue weighted by Crippen LogP contribution is 2.25. The van der Waals surface area contributed by atoms with Crippen LogP contribution in [-0.4, -0.2) is 26.1 Å². The van der Waals surface area contributed by atoms with Crippen molar-refractivity contribution >= 4 is 38.9 Å². The summed E-state index contributed by atoms with van der Waals surface area (Å²) in [6.07, 6.45) is 5.81. The predicted octanol–water partition coefficient (Wildman–Crippen LogP) is 3.99. The SMILES string of the molecule is CC(C(=O)NCC1CCCCC1)S(=O)(=O)Cc1ccc(Cl)cc1Cl. The van der Waals surface area contributed by atoms with Crippen molar-refractivity contribution in [1.29, 1.82) is 0 Å². The van der Waals surface area contributed by atoms with Gasteiger partial charge in [-0.25, -0.2) is 8.42 Å². The van der Waals surface area contributed by atoms with Gasteiger partial charge in [0.25, 0.3) is 0 Å². The van der Waals surface area contributed by atoms with Crippen LogP contribution in [0.1, 0.15) is 44.6 Å². The van der Waals surface area contributed by atoms with E-state index in [-0.39, 0.29) is 5.75 Å². The molecule has 1 amide bonds. The average Bonchev–Trinajstić information content (AvgIpc) is 2.55. The molecule has 0 bridgehead atoms. The van der Waals surface area contributed by atoms with Gasteiger partial charge in [0.1, 0.15) is 5.25 Å². The van der Waals surface area contributed by atoms with E-state index in [0.717, 1.165) is 12.8 Å². The molecule has 0 saturated heterocycles. The van der Waals surface area contributed by atoms with Crippen LogP contribution in [0, 0.1) is 5.92 Å². The third kappa shape index (κ3) is 5.36. The van der Waals surface area contributed by atoms with Crippen LogP contribution in [-0.2, 0) is 20.4 Å². The molecule has 1 aliphatic carbocycles. The molecular formula is C17H23Cl2NO3S. The Morgan fingerprint density at radius 3 is 2.54 bits per heavy atom. The molecule has 1 unspecified atom stereocenters. The van der Waals surface area contributed by atoms with Crippen LogP contribution in [0.15, 0.2) is 18.2 Å². The fourth-order valence-corrected chi connectivity index (χ4v) is 4.82. The van der Waals surface area contributed by atoms with Gasteiger partial charge in [0, 0.05) is 16.6 Å². The first-order chi connectivity index (χ1) is 11.3. The zero-order valence-electron chi connectivity index (χ0n) is 13.7. The number of nitrogens with one attached hydrogen (secondary N) is 1. The summed E-state index contributed by atoms with van der Waals surface area (Å²) in [4.78, 5) is 12.2. The lowest BCUT2D eigenvalue weighted by molar-refractivity contribution is -0.120. The molecule has 24 heavy (non-hydrogen) atoms. The molecule has 1 atom stereocenters. The van der Waals surface area contributed by atoms with Gasteiger partial charge in [0.15, 0.2) is 9.84 Å². The third-order valence-electron chi connectivity index (χ3n) is 4.57. The molecule has 0 heterocycles. The summed E-state index contributed by atoms with van der Waals surface area (Å²) in [6.45, 7) is 1.98. The van der Waals surface area contributed by atoms with Crippen molar-refractivity contribution in [2.45, 2.75) is 50.0 Å². The quantitative estimate of drug-likeness (QED) is 0.796. The number of sulfone groups is 1. The highest BCUT2D eigenvalue weighted by Gasteiger charge is 2.29. The van der Waals surface area contributed by atoms with E-state index >= 15 is 0 Å². The monoisotopic (exact) mass is 391 g/mol. The molecule has 1 saturated carbocycles. The Kier molecular flexibility index (Phi) is 6.96. The summed E-state index contributed by atoms with van der Waals surface area (Å²) in [5, 5.41) is 2.43. The Labute approximate surface area is 153 Å². The van der Waals surface area contributed by atoms with E-state index in [9.17, 15) is 13.2 Å². The predicted molar refractivity (Wildman–Crippen MR) is 98.1 cm³/mol. The van der Waals surface area contributed by atoms with Gasteiger partial charge in [-0.2, -0.15) is 0 Å². The van der Waals surface area contributed by atoms with Crippen LogP contribution >= 0.6 is 23.2 Å². The van der Waals surface area contributed by atoms with Crippen LogP contribution in [0.4, 0.5) is 0 Å². The van der Waals surface area contributed by atoms with Crippen molar-refractivity contribution in [2.24, 2.45) is 5.92 Å². The lowest BCUT2D eigenvalue weighted by atomic mass is 9.89. The summed E-state index contributed by atoms with van der Waals surface area (Å²) >= 11 is 11.9. The molecular weight excluding hydrogens is 369 g/mol. The van der Waals surface area contributed by atoms with E-state index in [1.54, 1.807) is 12.1 Å². The van der Waals surface area contributed by atoms with Gasteiger partial charge in [0.2, 0.25) is 5.91 Å². The van der Waals surface area contributed by atoms with Gasteiger partial charge >= 0.3 is 0 Å². The van der Waals surface area contributed by atoms with Crippen molar-refractivity contribution in [3.8, 4) is 0 Å². The number of carbonyl (C=O) groups is 1. The molecule has 0 aromatic heterocycles. The van der Waals surface area contributed by atoms with Gasteiger partial charge < -0.3 is 5.32 Å². The highest BCUT2D eigenvalue weighted by atomic mass is 35.5. The van der Waals surface area contributed by atoms with Crippen LogP contribution < -0.4 is 5.32 Å². The van der Waals surface area contributed by atoms with Crippen LogP contribution in [0.5, 0.6) is 0 Å². The Morgan fingerprint density at radius 1 is 1.25 bits per heavy atom. The second-order valence-electron chi connectivity index (χ2n) is 6.43. The van der Waals surface area contributed by atoms with Crippen LogP contribution in [0.2, 0.25) is 10.0 Å². The van der Waals surface area contributed by atoms with Crippen molar-refractivity contribution < 1.29 is 13.2 Å². The smallest absolute Gasteiger partial charge is 0.238 e. The van der Waals surface area contributed by atoms with E-state index in [1.165, 1.54) is 32.3 Å². The van der Waals surface area contributed by atoms with Crippen LogP contribution in [0.3, 0.4) is 0 Å². The number of rotatable bonds is 6. The zero-order chi connectivity index (χ0) is 17.7. The molecule has 1 aliphatic rings. The summed E-state index contributed by atoms with van der Waals surface area (Å²) in [7, 11) is -3.64. The summed E-state index contributed by atoms with van der Waals surface area (Å²) in [5.74, 6) is -0.255. The first-order valence-corrected chi connectivity index (χ1v) is 10.7. The number of benzene rings is 1. The standard InChI is InChI=1S/C17H23Cl2NO3S/c1-12(17(21)20-10-13-5-3-2-4-6-13)24(22,23)11-14-7-8-15(18)9-16(14)19/h7-9,12-13H,2-6,10-11H2,1H3,(H,20,21). The van der Waals surface area contributed by atoms with E-state index in [1.807, 2.05) is 0 Å². The van der Waals surface area contributed by atoms with Gasteiger partial charge in [-0.1, -0.05) is 48.5 Å². The van der Waals surface area contributed by atoms with E-state index in [2.05, 4.69) is 5.32 Å². The normalized spacial score (nSPS) is 17.5. The van der Waals surface area contributed by atoms with Gasteiger partial charge in [0.05, 0.1) is 5.75 Å². The van der Waals surface area contributed by atoms with E-state index in [4.69, 9.17) is 23.2 Å². The van der Waals surface area contributed by atoms with Crippen molar-refractivity contribution in [1.82, 2.24) is 5.32 Å². The molecule has 7 heteroatoms. The second-order valence-corrected chi connectivity index (χ2v) is 9.60. The molecule has 134 valence electrons. The van der Waals surface area contributed by atoms with Gasteiger partial charge in [-0.05, 0) is 43.4 Å². The maximum Gasteiger partial charge on any atom is 0.238 e. The Bertz CT molecular complexity index is 685. The molecule has 1 N–H and O–H groups in total. The van der Waals surface area contributed by atoms with E-state index < -0.39 is 21.0 Å². The molecule has 0 radical (unpaired) electrons. The van der Waals surface area contributed by atoms with Gasteiger partial charge in [-0.15, -0.1) is 0 Å². The number of hydrogen-bond donors (Lipinski definition) is 1. The lowest BCUT2D eigenvalue weighted by Gasteiger charge is -2.22. The summed E-state index contributed by atoms with van der Waals surface area (Å²) in [6, 6.07) is 4.67. The fourth-order valence-electron chi connectivity index (χ4n) is 2.92. The Morgan fingerprint density at radius 2 is 1.92 bits per heavy atom. The minimum Gasteiger partial charge on any atom is -0.355 e. The molecule has 1 aromatic rings. The molecule has 4 nitrogen and oxygen atoms in total. The minimum atomic E-state index is -3.64. The highest BCUT2D eigenvalue weighted by molar-refractivity contribution is 7.92. The summed E-state index contributed by atoms with van der Waals surface area (Å²) in [5.41, 5.74) is 0.452. The number of halogens is 2. The summed E-state index contributed by atoms with van der Waals surface area (Å²) < 4.78 is 25.0. The molecule has 1 aromatic carbocycles. The van der Waals surface area contributed by atoms with E-state index in [0.29, 0.717) is 28.1 Å². The molecule has 1 fully saturated rings.